The van der Waals surface area contributed by atoms with Gasteiger partial charge >= 0.3 is 0 Å². The van der Waals surface area contributed by atoms with E-state index >= 15 is 0 Å². The third kappa shape index (κ3) is 5.08. The number of Topliss-reactive ketones (excluding diaryl/α,β-unsaturated/α-hetero) is 1. The van der Waals surface area contributed by atoms with Crippen LogP contribution in [-0.4, -0.2) is 29.4 Å². The van der Waals surface area contributed by atoms with Crippen LogP contribution in [0.4, 0.5) is 4.39 Å². The quantitative estimate of drug-likeness (QED) is 0.403. The summed E-state index contributed by atoms with van der Waals surface area (Å²) < 4.78 is 31.5. The highest BCUT2D eigenvalue weighted by Crippen LogP contribution is 2.40. The van der Waals surface area contributed by atoms with Crippen molar-refractivity contribution in [1.29, 1.82) is 0 Å². The van der Waals surface area contributed by atoms with Gasteiger partial charge in [0.1, 0.15) is 11.6 Å². The number of aryl methyl sites for hydroxylation is 1. The van der Waals surface area contributed by atoms with Crippen LogP contribution in [0.3, 0.4) is 0 Å². The first-order chi connectivity index (χ1) is 16.7. The first-order valence-electron chi connectivity index (χ1n) is 12.0. The molecule has 2 atom stereocenters. The summed E-state index contributed by atoms with van der Waals surface area (Å²) in [5, 5.41) is 6.69. The average Bonchev–Trinajstić information content (AvgIpc) is 3.55. The predicted molar refractivity (Wildman–Crippen MR) is 125 cm³/mol. The Balaban J connectivity index is 1.25. The molecular weight excluding hydrogens is 435 g/mol. The van der Waals surface area contributed by atoms with Gasteiger partial charge in [0.25, 0.3) is 0 Å². The zero-order valence-corrected chi connectivity index (χ0v) is 19.1. The number of hydrogen-bond acceptors (Lipinski definition) is 5. The Hall–Kier alpha value is -3.35. The molecule has 3 aromatic rings. The Bertz CT molecular complexity index is 1130. The summed E-state index contributed by atoms with van der Waals surface area (Å²) in [6.07, 6.45) is 9.61. The van der Waals surface area contributed by atoms with Crippen LogP contribution in [0, 0.1) is 11.7 Å². The van der Waals surface area contributed by atoms with Gasteiger partial charge in [-0.05, 0) is 72.9 Å². The fourth-order valence-electron chi connectivity index (χ4n) is 5.01. The SMILES string of the molecule is O=C(CCCc1cn[nH]c1)c1cc([C@@H]2CCCC[C@H]2COc2ccc3c(c2)OCO3)ccc1F. The molecule has 1 N–H and O–H groups in total. The summed E-state index contributed by atoms with van der Waals surface area (Å²) in [5.74, 6) is 2.13. The number of hydrogen-bond donors (Lipinski definition) is 1. The number of H-pyrrole nitrogens is 1. The number of fused-ring (bicyclic) bond motifs is 1. The molecule has 178 valence electrons. The average molecular weight is 465 g/mol. The Morgan fingerprint density at radius 3 is 2.88 bits per heavy atom. The number of halogens is 1. The lowest BCUT2D eigenvalue weighted by Gasteiger charge is -2.32. The number of ketones is 1. The first kappa shape index (κ1) is 22.4. The summed E-state index contributed by atoms with van der Waals surface area (Å²) in [6.45, 7) is 0.800. The standard InChI is InChI=1S/C27H29FN2O4/c28-24-10-8-19(12-23(24)25(31)7-3-4-18-14-29-30-15-18)22-6-2-1-5-20(22)16-32-21-9-11-26-27(13-21)34-17-33-26/h8-15,20,22H,1-7,16-17H2,(H,29,30)/t20-,22-/m0/s1. The van der Waals surface area contributed by atoms with Crippen molar-refractivity contribution < 1.29 is 23.4 Å². The molecule has 2 aliphatic rings. The Morgan fingerprint density at radius 2 is 2.00 bits per heavy atom. The molecule has 0 radical (unpaired) electrons. The van der Waals surface area contributed by atoms with Crippen LogP contribution < -0.4 is 14.2 Å². The maximum absolute atomic E-state index is 14.6. The number of carbonyl (C=O) groups excluding carboxylic acids is 1. The van der Waals surface area contributed by atoms with Crippen molar-refractivity contribution in [2.75, 3.05) is 13.4 Å². The van der Waals surface area contributed by atoms with Gasteiger partial charge in [-0.2, -0.15) is 5.10 Å². The maximum Gasteiger partial charge on any atom is 0.231 e. The number of ether oxygens (including phenoxy) is 3. The molecule has 2 heterocycles. The molecule has 0 spiro atoms. The van der Waals surface area contributed by atoms with E-state index in [1.807, 2.05) is 30.5 Å². The number of rotatable bonds is 9. The highest BCUT2D eigenvalue weighted by atomic mass is 19.1. The summed E-state index contributed by atoms with van der Waals surface area (Å²) >= 11 is 0. The minimum absolute atomic E-state index is 0.146. The molecule has 1 fully saturated rings. The van der Waals surface area contributed by atoms with E-state index in [0.29, 0.717) is 31.1 Å². The van der Waals surface area contributed by atoms with Crippen molar-refractivity contribution >= 4 is 5.78 Å². The van der Waals surface area contributed by atoms with E-state index in [9.17, 15) is 9.18 Å². The smallest absolute Gasteiger partial charge is 0.231 e. The van der Waals surface area contributed by atoms with Gasteiger partial charge in [0.05, 0.1) is 18.4 Å². The zero-order valence-electron chi connectivity index (χ0n) is 19.1. The van der Waals surface area contributed by atoms with Crippen molar-refractivity contribution in [3.63, 3.8) is 0 Å². The van der Waals surface area contributed by atoms with Gasteiger partial charge in [0.15, 0.2) is 17.3 Å². The fraction of sp³-hybridized carbons (Fsp3) is 0.407. The molecule has 0 amide bonds. The minimum Gasteiger partial charge on any atom is -0.493 e. The number of carbonyl (C=O) groups is 1. The Morgan fingerprint density at radius 1 is 1.12 bits per heavy atom. The molecule has 1 aromatic heterocycles. The molecular formula is C27H29FN2O4. The molecule has 1 saturated carbocycles. The molecule has 5 rings (SSSR count). The molecule has 1 aliphatic heterocycles. The number of nitrogens with one attached hydrogen (secondary N) is 1. The molecule has 1 aliphatic carbocycles. The number of benzene rings is 2. The molecule has 6 nitrogen and oxygen atoms in total. The van der Waals surface area contributed by atoms with Crippen molar-refractivity contribution in [2.24, 2.45) is 5.92 Å². The highest BCUT2D eigenvalue weighted by molar-refractivity contribution is 5.96. The fourth-order valence-corrected chi connectivity index (χ4v) is 5.01. The van der Waals surface area contributed by atoms with Crippen LogP contribution in [0.25, 0.3) is 0 Å². The van der Waals surface area contributed by atoms with Crippen molar-refractivity contribution in [1.82, 2.24) is 10.2 Å². The van der Waals surface area contributed by atoms with Crippen LogP contribution in [0.1, 0.15) is 65.9 Å². The third-order valence-corrected chi connectivity index (χ3v) is 6.86. The number of aromatic nitrogens is 2. The normalized spacial score (nSPS) is 19.2. The van der Waals surface area contributed by atoms with E-state index < -0.39 is 5.82 Å². The predicted octanol–water partition coefficient (Wildman–Crippen LogP) is 5.84. The summed E-state index contributed by atoms with van der Waals surface area (Å²) in [4.78, 5) is 12.8. The van der Waals surface area contributed by atoms with E-state index in [2.05, 4.69) is 10.2 Å². The van der Waals surface area contributed by atoms with Gasteiger partial charge in [-0.1, -0.05) is 18.9 Å². The Labute approximate surface area is 198 Å². The lowest BCUT2D eigenvalue weighted by atomic mass is 9.75. The van der Waals surface area contributed by atoms with E-state index in [-0.39, 0.29) is 24.1 Å². The topological polar surface area (TPSA) is 73.4 Å². The first-order valence-corrected chi connectivity index (χ1v) is 12.0. The minimum atomic E-state index is -0.443. The van der Waals surface area contributed by atoms with Gasteiger partial charge in [-0.25, -0.2) is 4.39 Å². The third-order valence-electron chi connectivity index (χ3n) is 6.86. The van der Waals surface area contributed by atoms with Gasteiger partial charge in [0.2, 0.25) is 6.79 Å². The van der Waals surface area contributed by atoms with Gasteiger partial charge in [-0.3, -0.25) is 9.89 Å². The second-order valence-electron chi connectivity index (χ2n) is 9.10. The maximum atomic E-state index is 14.6. The Kier molecular flexibility index (Phi) is 6.79. The van der Waals surface area contributed by atoms with Crippen LogP contribution in [-0.2, 0) is 6.42 Å². The lowest BCUT2D eigenvalue weighted by molar-refractivity contribution is 0.0976. The summed E-state index contributed by atoms with van der Waals surface area (Å²) in [6, 6.07) is 10.7. The number of nitrogens with zero attached hydrogens (tertiary/aromatic N) is 1. The highest BCUT2D eigenvalue weighted by Gasteiger charge is 2.28. The molecule has 2 aromatic carbocycles. The van der Waals surface area contributed by atoms with Crippen LogP contribution >= 0.6 is 0 Å². The van der Waals surface area contributed by atoms with Gasteiger partial charge < -0.3 is 14.2 Å². The molecule has 0 bridgehead atoms. The van der Waals surface area contributed by atoms with E-state index in [0.717, 1.165) is 54.7 Å². The van der Waals surface area contributed by atoms with Crippen LogP contribution in [0.5, 0.6) is 17.2 Å². The van der Waals surface area contributed by atoms with E-state index in [1.165, 1.54) is 6.07 Å². The van der Waals surface area contributed by atoms with Gasteiger partial charge in [-0.15, -0.1) is 0 Å². The van der Waals surface area contributed by atoms with Crippen LogP contribution in [0.2, 0.25) is 0 Å². The zero-order chi connectivity index (χ0) is 23.3. The van der Waals surface area contributed by atoms with E-state index in [4.69, 9.17) is 14.2 Å². The summed E-state index contributed by atoms with van der Waals surface area (Å²) in [7, 11) is 0. The monoisotopic (exact) mass is 464 g/mol. The van der Waals surface area contributed by atoms with Crippen molar-refractivity contribution in [2.45, 2.75) is 50.9 Å². The molecule has 0 saturated heterocycles. The van der Waals surface area contributed by atoms with Crippen LogP contribution in [0.15, 0.2) is 48.8 Å². The molecule has 7 heteroatoms. The number of aromatic amines is 1. The van der Waals surface area contributed by atoms with Crippen molar-refractivity contribution in [3.8, 4) is 17.2 Å². The largest absolute Gasteiger partial charge is 0.493 e. The van der Waals surface area contributed by atoms with E-state index in [1.54, 1.807) is 12.3 Å². The summed E-state index contributed by atoms with van der Waals surface area (Å²) in [5.41, 5.74) is 2.28. The molecule has 0 unspecified atom stereocenters. The lowest BCUT2D eigenvalue weighted by Crippen LogP contribution is -2.24. The second-order valence-corrected chi connectivity index (χ2v) is 9.10. The van der Waals surface area contributed by atoms with Gasteiger partial charge in [0, 0.05) is 18.7 Å². The molecule has 34 heavy (non-hydrogen) atoms. The van der Waals surface area contributed by atoms with Crippen molar-refractivity contribution in [3.05, 3.63) is 71.3 Å². The second kappa shape index (κ2) is 10.3.